The highest BCUT2D eigenvalue weighted by Crippen LogP contribution is 2.28. The molecule has 0 radical (unpaired) electrons. The minimum Gasteiger partial charge on any atom is -0.459 e. The summed E-state index contributed by atoms with van der Waals surface area (Å²) in [5.74, 6) is 0.749. The predicted octanol–water partition coefficient (Wildman–Crippen LogP) is 4.38. The number of imidazole rings is 1. The summed E-state index contributed by atoms with van der Waals surface area (Å²) < 4.78 is 5.26. The first-order chi connectivity index (χ1) is 11.7. The van der Waals surface area contributed by atoms with E-state index in [1.165, 1.54) is 6.26 Å². The van der Waals surface area contributed by atoms with Gasteiger partial charge in [-0.15, -0.1) is 0 Å². The van der Waals surface area contributed by atoms with Gasteiger partial charge in [-0.1, -0.05) is 24.3 Å². The standard InChI is InChI=1S/C19H15N3O2/c1-12-10-11-24-17(12)19(23)22-14-7-3-2-6-13(14)18-20-15-8-4-5-9-16(15)21-18/h2-11H,1H3,(H,20,21)(H,22,23). The first kappa shape index (κ1) is 14.3. The number of furan rings is 1. The van der Waals surface area contributed by atoms with Gasteiger partial charge in [0.15, 0.2) is 5.76 Å². The molecule has 2 aromatic heterocycles. The van der Waals surface area contributed by atoms with E-state index in [0.717, 1.165) is 22.2 Å². The fourth-order valence-electron chi connectivity index (χ4n) is 2.66. The molecule has 0 saturated carbocycles. The van der Waals surface area contributed by atoms with Gasteiger partial charge in [-0.05, 0) is 37.3 Å². The zero-order valence-electron chi connectivity index (χ0n) is 13.0. The van der Waals surface area contributed by atoms with E-state index in [1.54, 1.807) is 6.07 Å². The molecule has 0 unspecified atom stereocenters. The third-order valence-corrected chi connectivity index (χ3v) is 3.89. The molecule has 0 spiro atoms. The summed E-state index contributed by atoms with van der Waals surface area (Å²) in [6.45, 7) is 1.84. The van der Waals surface area contributed by atoms with Crippen LogP contribution in [0.2, 0.25) is 0 Å². The maximum Gasteiger partial charge on any atom is 0.291 e. The van der Waals surface area contributed by atoms with E-state index in [9.17, 15) is 4.79 Å². The van der Waals surface area contributed by atoms with Crippen LogP contribution in [0.15, 0.2) is 65.3 Å². The predicted molar refractivity (Wildman–Crippen MR) is 92.9 cm³/mol. The van der Waals surface area contributed by atoms with E-state index in [1.807, 2.05) is 55.5 Å². The topological polar surface area (TPSA) is 70.9 Å². The van der Waals surface area contributed by atoms with E-state index in [4.69, 9.17) is 4.42 Å². The fourth-order valence-corrected chi connectivity index (χ4v) is 2.66. The first-order valence-electron chi connectivity index (χ1n) is 7.62. The van der Waals surface area contributed by atoms with Gasteiger partial charge in [0.1, 0.15) is 5.82 Å². The molecule has 2 aromatic carbocycles. The Morgan fingerprint density at radius 2 is 1.88 bits per heavy atom. The summed E-state index contributed by atoms with van der Waals surface area (Å²) in [4.78, 5) is 20.3. The molecule has 0 aliphatic rings. The summed E-state index contributed by atoms with van der Waals surface area (Å²) in [5.41, 5.74) is 4.14. The van der Waals surface area contributed by atoms with Crippen molar-refractivity contribution in [3.8, 4) is 11.4 Å². The Kier molecular flexibility index (Phi) is 3.39. The number of nitrogens with zero attached hydrogens (tertiary/aromatic N) is 1. The van der Waals surface area contributed by atoms with Gasteiger partial charge in [-0.25, -0.2) is 4.98 Å². The Bertz CT molecular complexity index is 997. The number of para-hydroxylation sites is 3. The number of hydrogen-bond donors (Lipinski definition) is 2. The van der Waals surface area contributed by atoms with Crippen LogP contribution in [0.5, 0.6) is 0 Å². The Labute approximate surface area is 138 Å². The lowest BCUT2D eigenvalue weighted by molar-refractivity contribution is 0.0996. The Morgan fingerprint density at radius 3 is 2.67 bits per heavy atom. The highest BCUT2D eigenvalue weighted by molar-refractivity contribution is 6.05. The zero-order valence-corrected chi connectivity index (χ0v) is 13.0. The van der Waals surface area contributed by atoms with Gasteiger partial charge in [0, 0.05) is 11.1 Å². The molecule has 2 N–H and O–H groups in total. The fraction of sp³-hybridized carbons (Fsp3) is 0.0526. The van der Waals surface area contributed by atoms with Crippen molar-refractivity contribution in [1.82, 2.24) is 9.97 Å². The van der Waals surface area contributed by atoms with Crippen LogP contribution in [0.4, 0.5) is 5.69 Å². The van der Waals surface area contributed by atoms with Crippen molar-refractivity contribution in [1.29, 1.82) is 0 Å². The average Bonchev–Trinajstić information content (AvgIpc) is 3.21. The molecule has 4 aromatic rings. The molecule has 5 heteroatoms. The van der Waals surface area contributed by atoms with Crippen molar-refractivity contribution in [3.05, 3.63) is 72.2 Å². The molecule has 1 amide bonds. The Morgan fingerprint density at radius 1 is 1.08 bits per heavy atom. The van der Waals surface area contributed by atoms with Crippen LogP contribution >= 0.6 is 0 Å². The van der Waals surface area contributed by atoms with Gasteiger partial charge in [0.25, 0.3) is 5.91 Å². The molecule has 24 heavy (non-hydrogen) atoms. The number of H-pyrrole nitrogens is 1. The van der Waals surface area contributed by atoms with E-state index in [0.29, 0.717) is 17.3 Å². The highest BCUT2D eigenvalue weighted by Gasteiger charge is 2.16. The smallest absolute Gasteiger partial charge is 0.291 e. The normalized spacial score (nSPS) is 10.9. The summed E-state index contributed by atoms with van der Waals surface area (Å²) in [6.07, 6.45) is 1.51. The van der Waals surface area contributed by atoms with Crippen molar-refractivity contribution in [2.45, 2.75) is 6.92 Å². The Balaban J connectivity index is 1.73. The number of benzene rings is 2. The number of nitrogens with one attached hydrogen (secondary N) is 2. The second-order valence-corrected chi connectivity index (χ2v) is 5.54. The molecule has 118 valence electrons. The van der Waals surface area contributed by atoms with Crippen molar-refractivity contribution in [3.63, 3.8) is 0 Å². The SMILES string of the molecule is Cc1ccoc1C(=O)Nc1ccccc1-c1nc2ccccc2[nH]1. The number of aromatic amines is 1. The van der Waals surface area contributed by atoms with Crippen LogP contribution < -0.4 is 5.32 Å². The second kappa shape index (κ2) is 5.70. The van der Waals surface area contributed by atoms with Crippen LogP contribution in [0.25, 0.3) is 22.4 Å². The van der Waals surface area contributed by atoms with Crippen molar-refractivity contribution in [2.75, 3.05) is 5.32 Å². The lowest BCUT2D eigenvalue weighted by Crippen LogP contribution is -2.12. The molecule has 4 rings (SSSR count). The van der Waals surface area contributed by atoms with Gasteiger partial charge in [-0.3, -0.25) is 4.79 Å². The van der Waals surface area contributed by atoms with Crippen LogP contribution in [-0.4, -0.2) is 15.9 Å². The van der Waals surface area contributed by atoms with Crippen molar-refractivity contribution < 1.29 is 9.21 Å². The van der Waals surface area contributed by atoms with Crippen LogP contribution in [0.1, 0.15) is 16.1 Å². The number of amides is 1. The third-order valence-electron chi connectivity index (χ3n) is 3.89. The van der Waals surface area contributed by atoms with Gasteiger partial charge < -0.3 is 14.7 Å². The molecule has 0 aliphatic carbocycles. The van der Waals surface area contributed by atoms with Crippen molar-refractivity contribution >= 4 is 22.6 Å². The summed E-state index contributed by atoms with van der Waals surface area (Å²) in [6, 6.07) is 17.1. The molecule has 2 heterocycles. The molecule has 0 saturated heterocycles. The summed E-state index contributed by atoms with van der Waals surface area (Å²) in [7, 11) is 0. The molecular weight excluding hydrogens is 302 g/mol. The number of carbonyl (C=O) groups is 1. The Hall–Kier alpha value is -3.34. The van der Waals surface area contributed by atoms with Crippen LogP contribution in [0, 0.1) is 6.92 Å². The number of aryl methyl sites for hydroxylation is 1. The molecule has 0 atom stereocenters. The van der Waals surface area contributed by atoms with Gasteiger partial charge in [0.2, 0.25) is 0 Å². The number of carbonyl (C=O) groups excluding carboxylic acids is 1. The highest BCUT2D eigenvalue weighted by atomic mass is 16.3. The molecule has 0 fully saturated rings. The average molecular weight is 317 g/mol. The molecule has 0 aliphatic heterocycles. The summed E-state index contributed by atoms with van der Waals surface area (Å²) in [5, 5.41) is 2.90. The largest absolute Gasteiger partial charge is 0.459 e. The monoisotopic (exact) mass is 317 g/mol. The lowest BCUT2D eigenvalue weighted by Gasteiger charge is -2.08. The third kappa shape index (κ3) is 2.46. The molecule has 0 bridgehead atoms. The first-order valence-corrected chi connectivity index (χ1v) is 7.62. The second-order valence-electron chi connectivity index (χ2n) is 5.54. The number of fused-ring (bicyclic) bond motifs is 1. The van der Waals surface area contributed by atoms with Crippen molar-refractivity contribution in [2.24, 2.45) is 0 Å². The lowest BCUT2D eigenvalue weighted by atomic mass is 10.1. The summed E-state index contributed by atoms with van der Waals surface area (Å²) >= 11 is 0. The molecular formula is C19H15N3O2. The van der Waals surface area contributed by atoms with E-state index < -0.39 is 0 Å². The minimum atomic E-state index is -0.277. The van der Waals surface area contributed by atoms with Gasteiger partial charge in [0.05, 0.1) is 23.0 Å². The quantitative estimate of drug-likeness (QED) is 0.589. The number of anilines is 1. The van der Waals surface area contributed by atoms with Gasteiger partial charge in [-0.2, -0.15) is 0 Å². The minimum absolute atomic E-state index is 0.277. The van der Waals surface area contributed by atoms with E-state index >= 15 is 0 Å². The maximum atomic E-state index is 12.4. The number of rotatable bonds is 3. The number of aromatic nitrogens is 2. The van der Waals surface area contributed by atoms with Crippen LogP contribution in [-0.2, 0) is 0 Å². The van der Waals surface area contributed by atoms with E-state index in [-0.39, 0.29) is 5.91 Å². The van der Waals surface area contributed by atoms with E-state index in [2.05, 4.69) is 15.3 Å². The van der Waals surface area contributed by atoms with Gasteiger partial charge >= 0.3 is 0 Å². The maximum absolute atomic E-state index is 12.4. The molecule has 5 nitrogen and oxygen atoms in total. The number of hydrogen-bond acceptors (Lipinski definition) is 3. The zero-order chi connectivity index (χ0) is 16.5. The van der Waals surface area contributed by atoms with Crippen LogP contribution in [0.3, 0.4) is 0 Å².